The molecule has 29 heavy (non-hydrogen) atoms. The van der Waals surface area contributed by atoms with Crippen LogP contribution in [0, 0.1) is 12.8 Å². The highest BCUT2D eigenvalue weighted by atomic mass is 16.2. The monoisotopic (exact) mass is 398 g/mol. The summed E-state index contributed by atoms with van der Waals surface area (Å²) in [5.74, 6) is 1.12. The molecule has 158 valence electrons. The lowest BCUT2D eigenvalue weighted by molar-refractivity contribution is -0.135. The molecule has 1 atom stereocenters. The van der Waals surface area contributed by atoms with E-state index in [4.69, 9.17) is 4.98 Å². The smallest absolute Gasteiger partial charge is 0.225 e. The predicted octanol–water partition coefficient (Wildman–Crippen LogP) is 2.95. The van der Waals surface area contributed by atoms with E-state index in [0.717, 1.165) is 69.9 Å². The van der Waals surface area contributed by atoms with E-state index in [1.54, 1.807) is 6.92 Å². The van der Waals surface area contributed by atoms with Crippen LogP contribution in [0.1, 0.15) is 62.8 Å². The van der Waals surface area contributed by atoms with E-state index in [1.165, 1.54) is 24.9 Å². The zero-order valence-electron chi connectivity index (χ0n) is 17.9. The highest BCUT2D eigenvalue weighted by molar-refractivity contribution is 5.79. The highest BCUT2D eigenvalue weighted by Crippen LogP contribution is 2.32. The Balaban J connectivity index is 1.41. The van der Waals surface area contributed by atoms with Gasteiger partial charge in [0.1, 0.15) is 0 Å². The number of likely N-dealkylation sites (tertiary alicyclic amines) is 1. The summed E-state index contributed by atoms with van der Waals surface area (Å²) in [6, 6.07) is 4.36. The molecule has 3 fully saturated rings. The average Bonchev–Trinajstić information content (AvgIpc) is 3.24. The van der Waals surface area contributed by atoms with Gasteiger partial charge in [0.15, 0.2) is 0 Å². The maximum absolute atomic E-state index is 12.9. The number of hydrogen-bond acceptors (Lipinski definition) is 4. The lowest BCUT2D eigenvalue weighted by Crippen LogP contribution is -2.48. The molecule has 6 heteroatoms. The van der Waals surface area contributed by atoms with Crippen molar-refractivity contribution in [3.63, 3.8) is 0 Å². The second-order valence-corrected chi connectivity index (χ2v) is 8.99. The summed E-state index contributed by atoms with van der Waals surface area (Å²) in [5.41, 5.74) is 3.35. The first-order valence-corrected chi connectivity index (χ1v) is 11.3. The van der Waals surface area contributed by atoms with Crippen molar-refractivity contribution in [3.05, 3.63) is 23.5 Å². The minimum Gasteiger partial charge on any atom is -0.368 e. The van der Waals surface area contributed by atoms with Crippen molar-refractivity contribution in [2.24, 2.45) is 5.92 Å². The molecule has 3 heterocycles. The number of amides is 2. The van der Waals surface area contributed by atoms with Crippen molar-refractivity contribution in [1.82, 2.24) is 14.8 Å². The van der Waals surface area contributed by atoms with E-state index >= 15 is 0 Å². The Bertz CT molecular complexity index is 751. The van der Waals surface area contributed by atoms with Gasteiger partial charge in [0.05, 0.1) is 0 Å². The Hall–Kier alpha value is -2.11. The fourth-order valence-electron chi connectivity index (χ4n) is 5.16. The normalized spacial score (nSPS) is 23.5. The van der Waals surface area contributed by atoms with E-state index in [2.05, 4.69) is 28.9 Å². The van der Waals surface area contributed by atoms with Gasteiger partial charge in [-0.05, 0) is 38.3 Å². The van der Waals surface area contributed by atoms with Gasteiger partial charge in [-0.15, -0.1) is 0 Å². The molecule has 0 aromatic carbocycles. The molecule has 2 amide bonds. The molecule has 6 nitrogen and oxygen atoms in total. The summed E-state index contributed by atoms with van der Waals surface area (Å²) in [5, 5.41) is 0. The van der Waals surface area contributed by atoms with Crippen molar-refractivity contribution in [3.8, 4) is 0 Å². The minimum atomic E-state index is 0.157. The second kappa shape index (κ2) is 8.72. The zero-order valence-corrected chi connectivity index (χ0v) is 17.9. The van der Waals surface area contributed by atoms with E-state index in [0.29, 0.717) is 11.8 Å². The third kappa shape index (κ3) is 4.57. The summed E-state index contributed by atoms with van der Waals surface area (Å²) in [4.78, 5) is 35.7. The standard InChI is InChI=1S/C23H34N4O2/c1-17-14-21(26-12-10-25(11-13-26)18(2)28)15-22(24-17)20-8-9-27(16-20)23(29)19-6-4-3-5-7-19/h14-15,19-20H,3-13,16H2,1-2H3. The van der Waals surface area contributed by atoms with Gasteiger partial charge in [0, 0.05) is 75.1 Å². The molecule has 4 rings (SSSR count). The van der Waals surface area contributed by atoms with Crippen LogP contribution in [-0.4, -0.2) is 65.9 Å². The molecule has 0 N–H and O–H groups in total. The van der Waals surface area contributed by atoms with Gasteiger partial charge in [-0.2, -0.15) is 0 Å². The summed E-state index contributed by atoms with van der Waals surface area (Å²) >= 11 is 0. The first-order valence-electron chi connectivity index (χ1n) is 11.3. The maximum atomic E-state index is 12.9. The molecule has 0 radical (unpaired) electrons. The Labute approximate surface area is 174 Å². The molecule has 2 aliphatic heterocycles. The Kier molecular flexibility index (Phi) is 6.07. The van der Waals surface area contributed by atoms with Crippen LogP contribution in [0.4, 0.5) is 5.69 Å². The van der Waals surface area contributed by atoms with Crippen LogP contribution in [0.5, 0.6) is 0 Å². The number of anilines is 1. The first-order chi connectivity index (χ1) is 14.0. The average molecular weight is 399 g/mol. The van der Waals surface area contributed by atoms with Crippen molar-refractivity contribution in [2.75, 3.05) is 44.2 Å². The maximum Gasteiger partial charge on any atom is 0.225 e. The third-order valence-electron chi connectivity index (χ3n) is 6.92. The Morgan fingerprint density at radius 1 is 0.931 bits per heavy atom. The fraction of sp³-hybridized carbons (Fsp3) is 0.696. The molecule has 1 unspecified atom stereocenters. The number of pyridine rings is 1. The van der Waals surface area contributed by atoms with E-state index in [1.807, 2.05) is 4.90 Å². The molecule has 1 aliphatic carbocycles. The van der Waals surface area contributed by atoms with Crippen molar-refractivity contribution >= 4 is 17.5 Å². The Morgan fingerprint density at radius 2 is 1.66 bits per heavy atom. The van der Waals surface area contributed by atoms with Crippen molar-refractivity contribution in [2.45, 2.75) is 58.3 Å². The van der Waals surface area contributed by atoms with Crippen LogP contribution < -0.4 is 4.90 Å². The second-order valence-electron chi connectivity index (χ2n) is 8.99. The van der Waals surface area contributed by atoms with E-state index in [-0.39, 0.29) is 11.8 Å². The number of rotatable bonds is 3. The summed E-state index contributed by atoms with van der Waals surface area (Å²) < 4.78 is 0. The molecule has 1 saturated carbocycles. The van der Waals surface area contributed by atoms with Gasteiger partial charge in [0.25, 0.3) is 0 Å². The number of hydrogen-bond donors (Lipinski definition) is 0. The van der Waals surface area contributed by atoms with Gasteiger partial charge in [-0.1, -0.05) is 19.3 Å². The molecule has 2 saturated heterocycles. The molecule has 0 bridgehead atoms. The van der Waals surface area contributed by atoms with Gasteiger partial charge in [-0.25, -0.2) is 0 Å². The van der Waals surface area contributed by atoms with Gasteiger partial charge >= 0.3 is 0 Å². The van der Waals surface area contributed by atoms with Crippen LogP contribution in [0.15, 0.2) is 12.1 Å². The number of piperazine rings is 1. The molecule has 0 spiro atoms. The van der Waals surface area contributed by atoms with Crippen LogP contribution in [0.25, 0.3) is 0 Å². The lowest BCUT2D eigenvalue weighted by atomic mass is 9.88. The van der Waals surface area contributed by atoms with E-state index < -0.39 is 0 Å². The number of carbonyl (C=O) groups excluding carboxylic acids is 2. The van der Waals surface area contributed by atoms with Crippen molar-refractivity contribution < 1.29 is 9.59 Å². The zero-order chi connectivity index (χ0) is 20.4. The number of aromatic nitrogens is 1. The molecule has 1 aromatic heterocycles. The van der Waals surface area contributed by atoms with Crippen molar-refractivity contribution in [1.29, 1.82) is 0 Å². The number of carbonyl (C=O) groups is 2. The SMILES string of the molecule is CC(=O)N1CCN(c2cc(C)nc(C3CCN(C(=O)C4CCCCC4)C3)c2)CC1. The molecular weight excluding hydrogens is 364 g/mol. The van der Waals surface area contributed by atoms with Gasteiger partial charge in [-0.3, -0.25) is 14.6 Å². The van der Waals surface area contributed by atoms with E-state index in [9.17, 15) is 9.59 Å². The first kappa shape index (κ1) is 20.2. The molecule has 3 aliphatic rings. The summed E-state index contributed by atoms with van der Waals surface area (Å²) in [6.07, 6.45) is 6.83. The van der Waals surface area contributed by atoms with Crippen LogP contribution in [0.2, 0.25) is 0 Å². The van der Waals surface area contributed by atoms with Gasteiger partial charge in [0.2, 0.25) is 11.8 Å². The van der Waals surface area contributed by atoms with Crippen LogP contribution in [0.3, 0.4) is 0 Å². The number of nitrogens with zero attached hydrogens (tertiary/aromatic N) is 4. The predicted molar refractivity (Wildman–Crippen MR) is 114 cm³/mol. The quantitative estimate of drug-likeness (QED) is 0.786. The molecule has 1 aromatic rings. The lowest BCUT2D eigenvalue weighted by Gasteiger charge is -2.36. The Morgan fingerprint density at radius 3 is 2.34 bits per heavy atom. The summed E-state index contributed by atoms with van der Waals surface area (Å²) in [6.45, 7) is 8.65. The molecular formula is C23H34N4O2. The largest absolute Gasteiger partial charge is 0.368 e. The number of aryl methyl sites for hydroxylation is 1. The minimum absolute atomic E-state index is 0.157. The fourth-order valence-corrected chi connectivity index (χ4v) is 5.16. The highest BCUT2D eigenvalue weighted by Gasteiger charge is 2.33. The topological polar surface area (TPSA) is 56.8 Å². The van der Waals surface area contributed by atoms with Crippen LogP contribution in [-0.2, 0) is 9.59 Å². The van der Waals surface area contributed by atoms with Crippen LogP contribution >= 0.6 is 0 Å². The van der Waals surface area contributed by atoms with Gasteiger partial charge < -0.3 is 14.7 Å². The third-order valence-corrected chi connectivity index (χ3v) is 6.92. The summed E-state index contributed by atoms with van der Waals surface area (Å²) in [7, 11) is 0.